The molecule has 2 nitrogen and oxygen atoms in total. The number of ketones is 1. The van der Waals surface area contributed by atoms with Crippen molar-refractivity contribution in [2.24, 2.45) is 0 Å². The number of carbonyl (C=O) groups is 1. The predicted molar refractivity (Wildman–Crippen MR) is 71.5 cm³/mol. The first kappa shape index (κ1) is 11.0. The Morgan fingerprint density at radius 1 is 1.06 bits per heavy atom. The van der Waals surface area contributed by atoms with Gasteiger partial charge in [0.25, 0.3) is 0 Å². The van der Waals surface area contributed by atoms with Crippen molar-refractivity contribution in [3.05, 3.63) is 59.9 Å². The Balaban J connectivity index is 1.98. The molecule has 90 valence electrons. The van der Waals surface area contributed by atoms with E-state index in [1.807, 2.05) is 48.5 Å². The minimum atomic E-state index is -0.0135. The van der Waals surface area contributed by atoms with Gasteiger partial charge in [-0.15, -0.1) is 0 Å². The van der Waals surface area contributed by atoms with Crippen molar-refractivity contribution in [2.75, 3.05) is 6.61 Å². The van der Waals surface area contributed by atoms with Gasteiger partial charge in [-0.3, -0.25) is 4.79 Å². The largest absolute Gasteiger partial charge is 0.490 e. The van der Waals surface area contributed by atoms with Crippen LogP contribution in [0.15, 0.2) is 54.3 Å². The number of ether oxygens (including phenoxy) is 1. The molecule has 1 heterocycles. The number of allylic oxidation sites excluding steroid dienone is 2. The van der Waals surface area contributed by atoms with Crippen LogP contribution in [0.25, 0.3) is 10.8 Å². The third kappa shape index (κ3) is 2.02. The fraction of sp³-hybridized carbons (Fsp3) is 0.188. The molecule has 0 radical (unpaired) electrons. The smallest absolute Gasteiger partial charge is 0.227 e. The molecule has 0 N–H and O–H groups in total. The number of benzene rings is 2. The van der Waals surface area contributed by atoms with Crippen molar-refractivity contribution < 1.29 is 9.53 Å². The van der Waals surface area contributed by atoms with Crippen molar-refractivity contribution in [1.29, 1.82) is 0 Å². The first-order valence-electron chi connectivity index (χ1n) is 6.21. The third-order valence-electron chi connectivity index (χ3n) is 3.17. The second-order valence-corrected chi connectivity index (χ2v) is 4.45. The van der Waals surface area contributed by atoms with Crippen molar-refractivity contribution in [3.63, 3.8) is 0 Å². The van der Waals surface area contributed by atoms with Gasteiger partial charge in [-0.25, -0.2) is 0 Å². The first-order valence-corrected chi connectivity index (χ1v) is 6.21. The molecule has 0 unspecified atom stereocenters. The number of hydrogen-bond donors (Lipinski definition) is 0. The molecule has 0 atom stereocenters. The standard InChI is InChI=1S/C16H14O2/c17-16(15-7-3-4-10-18-15)14-9-8-12-5-1-2-6-13(12)11-14/h1-2,5-9,11H,3-4,10H2. The number of carbonyl (C=O) groups excluding carboxylic acids is 1. The predicted octanol–water partition coefficient (Wildman–Crippen LogP) is 3.72. The zero-order valence-corrected chi connectivity index (χ0v) is 10.1. The molecule has 0 aliphatic carbocycles. The maximum Gasteiger partial charge on any atom is 0.227 e. The molecule has 1 aliphatic rings. The molecule has 0 amide bonds. The molecule has 2 aromatic carbocycles. The monoisotopic (exact) mass is 238 g/mol. The molecule has 18 heavy (non-hydrogen) atoms. The van der Waals surface area contributed by atoms with Crippen LogP contribution in [0.3, 0.4) is 0 Å². The van der Waals surface area contributed by atoms with Crippen LogP contribution in [0.4, 0.5) is 0 Å². The Morgan fingerprint density at radius 2 is 1.89 bits per heavy atom. The van der Waals surface area contributed by atoms with Crippen LogP contribution in [0.1, 0.15) is 23.2 Å². The molecule has 0 fully saturated rings. The van der Waals surface area contributed by atoms with E-state index in [1.54, 1.807) is 0 Å². The van der Waals surface area contributed by atoms with Gasteiger partial charge in [-0.05, 0) is 35.8 Å². The van der Waals surface area contributed by atoms with Crippen LogP contribution < -0.4 is 0 Å². The highest BCUT2D eigenvalue weighted by Crippen LogP contribution is 2.20. The van der Waals surface area contributed by atoms with Gasteiger partial charge >= 0.3 is 0 Å². The fourth-order valence-electron chi connectivity index (χ4n) is 2.19. The van der Waals surface area contributed by atoms with Gasteiger partial charge in [0.2, 0.25) is 5.78 Å². The second kappa shape index (κ2) is 4.65. The summed E-state index contributed by atoms with van der Waals surface area (Å²) in [5.74, 6) is 0.483. The third-order valence-corrected chi connectivity index (χ3v) is 3.17. The molecular formula is C16H14O2. The van der Waals surface area contributed by atoms with Crippen LogP contribution in [-0.2, 0) is 4.74 Å². The summed E-state index contributed by atoms with van der Waals surface area (Å²) < 4.78 is 5.42. The topological polar surface area (TPSA) is 26.3 Å². The molecule has 0 spiro atoms. The van der Waals surface area contributed by atoms with Crippen LogP contribution in [-0.4, -0.2) is 12.4 Å². The molecule has 0 bridgehead atoms. The zero-order valence-electron chi connectivity index (χ0n) is 10.1. The Hall–Kier alpha value is -2.09. The van der Waals surface area contributed by atoms with E-state index < -0.39 is 0 Å². The van der Waals surface area contributed by atoms with Crippen molar-refractivity contribution in [2.45, 2.75) is 12.8 Å². The summed E-state index contributed by atoms with van der Waals surface area (Å²) in [6.45, 7) is 0.644. The summed E-state index contributed by atoms with van der Waals surface area (Å²) in [5, 5.41) is 2.23. The van der Waals surface area contributed by atoms with Crippen LogP contribution in [0, 0.1) is 0 Å². The van der Waals surface area contributed by atoms with Crippen LogP contribution in [0.5, 0.6) is 0 Å². The minimum Gasteiger partial charge on any atom is -0.490 e. The van der Waals surface area contributed by atoms with Crippen LogP contribution >= 0.6 is 0 Å². The summed E-state index contributed by atoms with van der Waals surface area (Å²) in [7, 11) is 0. The lowest BCUT2D eigenvalue weighted by Crippen LogP contribution is -2.11. The maximum absolute atomic E-state index is 12.3. The summed E-state index contributed by atoms with van der Waals surface area (Å²) in [6, 6.07) is 13.8. The molecule has 2 aromatic rings. The van der Waals surface area contributed by atoms with E-state index in [-0.39, 0.29) is 5.78 Å². The fourth-order valence-corrected chi connectivity index (χ4v) is 2.19. The molecular weight excluding hydrogens is 224 g/mol. The molecule has 0 aromatic heterocycles. The van der Waals surface area contributed by atoms with E-state index >= 15 is 0 Å². The summed E-state index contributed by atoms with van der Waals surface area (Å²) >= 11 is 0. The van der Waals surface area contributed by atoms with E-state index in [2.05, 4.69) is 0 Å². The highest BCUT2D eigenvalue weighted by molar-refractivity contribution is 6.09. The van der Waals surface area contributed by atoms with Gasteiger partial charge in [0.05, 0.1) is 6.61 Å². The van der Waals surface area contributed by atoms with Gasteiger partial charge < -0.3 is 4.74 Å². The number of Topliss-reactive ketones (excluding diaryl/α,β-unsaturated/α-hetero) is 1. The van der Waals surface area contributed by atoms with E-state index in [0.29, 0.717) is 17.9 Å². The highest BCUT2D eigenvalue weighted by atomic mass is 16.5. The van der Waals surface area contributed by atoms with Gasteiger partial charge in [0.15, 0.2) is 5.76 Å². The molecule has 3 rings (SSSR count). The van der Waals surface area contributed by atoms with Crippen LogP contribution in [0.2, 0.25) is 0 Å². The highest BCUT2D eigenvalue weighted by Gasteiger charge is 2.16. The molecule has 1 aliphatic heterocycles. The SMILES string of the molecule is O=C(C1=CCCCO1)c1ccc2ccccc2c1. The van der Waals surface area contributed by atoms with E-state index in [9.17, 15) is 4.79 Å². The lowest BCUT2D eigenvalue weighted by molar-refractivity contribution is 0.0899. The second-order valence-electron chi connectivity index (χ2n) is 4.45. The molecule has 0 saturated heterocycles. The molecule has 2 heteroatoms. The minimum absolute atomic E-state index is 0.0135. The summed E-state index contributed by atoms with van der Waals surface area (Å²) in [5.41, 5.74) is 0.696. The lowest BCUT2D eigenvalue weighted by Gasteiger charge is -2.13. The lowest BCUT2D eigenvalue weighted by atomic mass is 10.0. The number of fused-ring (bicyclic) bond motifs is 1. The summed E-state index contributed by atoms with van der Waals surface area (Å²) in [6.07, 6.45) is 3.81. The average Bonchev–Trinajstić information content (AvgIpc) is 2.47. The Kier molecular flexibility index (Phi) is 2.85. The normalized spacial score (nSPS) is 15.0. The van der Waals surface area contributed by atoms with E-state index in [0.717, 1.165) is 23.6 Å². The Labute approximate surface area is 106 Å². The number of rotatable bonds is 2. The Bertz CT molecular complexity index is 626. The van der Waals surface area contributed by atoms with E-state index in [1.165, 1.54) is 0 Å². The van der Waals surface area contributed by atoms with E-state index in [4.69, 9.17) is 4.74 Å². The Morgan fingerprint density at radius 3 is 2.67 bits per heavy atom. The van der Waals surface area contributed by atoms with Crippen molar-refractivity contribution >= 4 is 16.6 Å². The van der Waals surface area contributed by atoms with Gasteiger partial charge in [0, 0.05) is 5.56 Å². The average molecular weight is 238 g/mol. The van der Waals surface area contributed by atoms with Gasteiger partial charge in [-0.1, -0.05) is 36.4 Å². The maximum atomic E-state index is 12.3. The van der Waals surface area contributed by atoms with Crippen molar-refractivity contribution in [1.82, 2.24) is 0 Å². The first-order chi connectivity index (χ1) is 8.84. The quantitative estimate of drug-likeness (QED) is 0.745. The van der Waals surface area contributed by atoms with Crippen molar-refractivity contribution in [3.8, 4) is 0 Å². The molecule has 0 saturated carbocycles. The number of hydrogen-bond acceptors (Lipinski definition) is 2. The summed E-state index contributed by atoms with van der Waals surface area (Å²) in [4.78, 5) is 12.3. The zero-order chi connectivity index (χ0) is 12.4. The van der Waals surface area contributed by atoms with Gasteiger partial charge in [0.1, 0.15) is 0 Å². The van der Waals surface area contributed by atoms with Gasteiger partial charge in [-0.2, -0.15) is 0 Å².